The fraction of sp³-hybridized carbons (Fsp3) is 0.231. The number of carbonyl (C=O) groups excluding carboxylic acids is 3. The maximum atomic E-state index is 13.6. The maximum Gasteiger partial charge on any atom is 0.337 e. The molecule has 2 aromatic heterocycles. The molecule has 0 spiro atoms. The minimum atomic E-state index is -0.542. The van der Waals surface area contributed by atoms with Gasteiger partial charge in [-0.2, -0.15) is 9.50 Å². The van der Waals surface area contributed by atoms with Gasteiger partial charge in [0.1, 0.15) is 17.2 Å². The van der Waals surface area contributed by atoms with E-state index in [1.54, 1.807) is 37.3 Å². The average Bonchev–Trinajstić information content (AvgIpc) is 3.49. The number of fused-ring (bicyclic) bond motifs is 2. The zero-order valence-electron chi connectivity index (χ0n) is 20.6. The molecular formula is C26H24FN7O4. The number of aryl methyl sites for hydroxylation is 2. The van der Waals surface area contributed by atoms with Crippen molar-refractivity contribution in [3.05, 3.63) is 87.5 Å². The van der Waals surface area contributed by atoms with Crippen molar-refractivity contribution in [2.75, 3.05) is 12.8 Å². The molecule has 11 nitrogen and oxygen atoms in total. The van der Waals surface area contributed by atoms with E-state index in [4.69, 9.17) is 10.5 Å². The molecule has 194 valence electrons. The van der Waals surface area contributed by atoms with Gasteiger partial charge in [-0.15, -0.1) is 5.10 Å². The highest BCUT2D eigenvalue weighted by molar-refractivity contribution is 5.98. The fourth-order valence-corrected chi connectivity index (χ4v) is 4.50. The Balaban J connectivity index is 1.37. The van der Waals surface area contributed by atoms with Gasteiger partial charge in [0.05, 0.1) is 18.7 Å². The molecule has 2 amide bonds. The predicted molar refractivity (Wildman–Crippen MR) is 134 cm³/mol. The van der Waals surface area contributed by atoms with Gasteiger partial charge in [-0.25, -0.2) is 14.2 Å². The van der Waals surface area contributed by atoms with Gasteiger partial charge in [-0.05, 0) is 60.2 Å². The van der Waals surface area contributed by atoms with Crippen LogP contribution in [0.4, 0.5) is 10.3 Å². The molecule has 0 unspecified atom stereocenters. The molecule has 0 saturated carbocycles. The predicted octanol–water partition coefficient (Wildman–Crippen LogP) is 2.29. The molecule has 0 bridgehead atoms. The lowest BCUT2D eigenvalue weighted by molar-refractivity contribution is 0.0600. The first-order valence-electron chi connectivity index (χ1n) is 11.8. The number of esters is 1. The lowest BCUT2D eigenvalue weighted by Gasteiger charge is -2.15. The molecular weight excluding hydrogens is 493 g/mol. The standard InChI is InChI=1S/C26H24FN7O4/c1-13-9-14(3-7-18(13)27)12-29-23(36)21-11-20(31-26-32-25(28)33-34(21)26)22(35)30-19-8-5-15-10-16(24(37)38-2)4-6-17(15)19/h3-4,6-7,9-11,19H,5,8,12H2,1-2H3,(H2,28,33)(H,29,36)(H,30,35)/t19-/m0/s1. The van der Waals surface area contributed by atoms with Crippen molar-refractivity contribution in [2.24, 2.45) is 0 Å². The number of nitrogen functional groups attached to an aromatic ring is 1. The molecule has 0 aliphatic heterocycles. The third-order valence-corrected chi connectivity index (χ3v) is 6.42. The Morgan fingerprint density at radius 1 is 1.13 bits per heavy atom. The second-order valence-corrected chi connectivity index (χ2v) is 8.94. The monoisotopic (exact) mass is 517 g/mol. The van der Waals surface area contributed by atoms with Crippen LogP contribution in [0, 0.1) is 12.7 Å². The fourth-order valence-electron chi connectivity index (χ4n) is 4.50. The summed E-state index contributed by atoms with van der Waals surface area (Å²) >= 11 is 0. The Hall–Kier alpha value is -4.87. The van der Waals surface area contributed by atoms with E-state index in [0.717, 1.165) is 15.6 Å². The van der Waals surface area contributed by atoms with Crippen molar-refractivity contribution in [1.82, 2.24) is 30.2 Å². The van der Waals surface area contributed by atoms with Crippen molar-refractivity contribution in [1.29, 1.82) is 0 Å². The molecule has 1 atom stereocenters. The summed E-state index contributed by atoms with van der Waals surface area (Å²) in [7, 11) is 1.32. The maximum absolute atomic E-state index is 13.6. The van der Waals surface area contributed by atoms with E-state index in [2.05, 4.69) is 25.7 Å². The van der Waals surface area contributed by atoms with E-state index in [0.29, 0.717) is 29.5 Å². The van der Waals surface area contributed by atoms with Crippen molar-refractivity contribution >= 4 is 29.5 Å². The normalized spacial score (nSPS) is 14.2. The van der Waals surface area contributed by atoms with E-state index < -0.39 is 17.8 Å². The van der Waals surface area contributed by atoms with Gasteiger partial charge < -0.3 is 21.1 Å². The van der Waals surface area contributed by atoms with Gasteiger partial charge in [-0.3, -0.25) is 9.59 Å². The highest BCUT2D eigenvalue weighted by atomic mass is 19.1. The second kappa shape index (κ2) is 9.88. The van der Waals surface area contributed by atoms with E-state index >= 15 is 0 Å². The summed E-state index contributed by atoms with van der Waals surface area (Å²) in [4.78, 5) is 46.4. The number of halogens is 1. The summed E-state index contributed by atoms with van der Waals surface area (Å²) in [6.45, 7) is 1.76. The summed E-state index contributed by atoms with van der Waals surface area (Å²) in [6.07, 6.45) is 1.31. The number of hydrogen-bond acceptors (Lipinski definition) is 8. The third kappa shape index (κ3) is 4.75. The topological polar surface area (TPSA) is 154 Å². The Morgan fingerprint density at radius 3 is 2.71 bits per heavy atom. The zero-order chi connectivity index (χ0) is 27.0. The number of rotatable bonds is 6. The number of amides is 2. The van der Waals surface area contributed by atoms with Crippen LogP contribution in [0.5, 0.6) is 0 Å². The molecule has 4 aromatic rings. The number of aromatic nitrogens is 4. The van der Waals surface area contributed by atoms with Crippen LogP contribution in [0.25, 0.3) is 5.78 Å². The summed E-state index contributed by atoms with van der Waals surface area (Å²) in [5.74, 6) is -1.92. The highest BCUT2D eigenvalue weighted by Gasteiger charge is 2.27. The number of carbonyl (C=O) groups is 3. The van der Waals surface area contributed by atoms with Crippen LogP contribution >= 0.6 is 0 Å². The molecule has 2 aromatic carbocycles. The molecule has 1 aliphatic carbocycles. The summed E-state index contributed by atoms with van der Waals surface area (Å²) in [5, 5.41) is 9.71. The Bertz CT molecular complexity index is 1600. The Morgan fingerprint density at radius 2 is 1.95 bits per heavy atom. The summed E-state index contributed by atoms with van der Waals surface area (Å²) < 4.78 is 19.5. The number of nitrogens with one attached hydrogen (secondary N) is 2. The number of nitrogens with zero attached hydrogens (tertiary/aromatic N) is 4. The van der Waals surface area contributed by atoms with E-state index in [9.17, 15) is 18.8 Å². The number of hydrogen-bond donors (Lipinski definition) is 3. The molecule has 0 radical (unpaired) electrons. The minimum absolute atomic E-state index is 0.00697. The van der Waals surface area contributed by atoms with Crippen molar-refractivity contribution < 1.29 is 23.5 Å². The van der Waals surface area contributed by atoms with E-state index in [1.165, 1.54) is 19.2 Å². The third-order valence-electron chi connectivity index (χ3n) is 6.42. The van der Waals surface area contributed by atoms with Crippen LogP contribution in [-0.4, -0.2) is 44.5 Å². The lowest BCUT2D eigenvalue weighted by atomic mass is 10.0. The van der Waals surface area contributed by atoms with Crippen LogP contribution in [-0.2, 0) is 17.7 Å². The second-order valence-electron chi connectivity index (χ2n) is 8.94. The van der Waals surface area contributed by atoms with Crippen molar-refractivity contribution in [3.8, 4) is 0 Å². The Kier molecular flexibility index (Phi) is 6.45. The first-order chi connectivity index (χ1) is 18.2. The van der Waals surface area contributed by atoms with Gasteiger partial charge in [0, 0.05) is 12.6 Å². The van der Waals surface area contributed by atoms with Crippen molar-refractivity contribution in [3.63, 3.8) is 0 Å². The number of ether oxygens (including phenoxy) is 1. The quantitative estimate of drug-likeness (QED) is 0.329. The van der Waals surface area contributed by atoms with E-state index in [1.807, 2.05) is 0 Å². The van der Waals surface area contributed by atoms with Crippen LogP contribution in [0.1, 0.15) is 66.1 Å². The molecule has 38 heavy (non-hydrogen) atoms. The SMILES string of the molecule is COC(=O)c1ccc2c(c1)CC[C@@H]2NC(=O)c1cc(C(=O)NCc2ccc(F)c(C)c2)n2nc(N)nc2n1. The zero-order valence-corrected chi connectivity index (χ0v) is 20.6. The summed E-state index contributed by atoms with van der Waals surface area (Å²) in [5.41, 5.74) is 9.15. The van der Waals surface area contributed by atoms with Gasteiger partial charge >= 0.3 is 5.97 Å². The van der Waals surface area contributed by atoms with Crippen LogP contribution < -0.4 is 16.4 Å². The highest BCUT2D eigenvalue weighted by Crippen LogP contribution is 2.32. The van der Waals surface area contributed by atoms with Gasteiger partial charge in [-0.1, -0.05) is 18.2 Å². The molecule has 1 aliphatic rings. The number of benzene rings is 2. The van der Waals surface area contributed by atoms with Crippen LogP contribution in [0.2, 0.25) is 0 Å². The van der Waals surface area contributed by atoms with Gasteiger partial charge in [0.15, 0.2) is 0 Å². The Labute approximate surface area is 216 Å². The van der Waals surface area contributed by atoms with Crippen molar-refractivity contribution in [2.45, 2.75) is 32.4 Å². The first-order valence-corrected chi connectivity index (χ1v) is 11.8. The number of methoxy groups -OCH3 is 1. The molecule has 4 N–H and O–H groups in total. The lowest BCUT2D eigenvalue weighted by Crippen LogP contribution is -2.30. The van der Waals surface area contributed by atoms with Gasteiger partial charge in [0.2, 0.25) is 5.95 Å². The minimum Gasteiger partial charge on any atom is -0.465 e. The molecule has 0 fully saturated rings. The molecule has 12 heteroatoms. The van der Waals surface area contributed by atoms with Gasteiger partial charge in [0.25, 0.3) is 17.6 Å². The molecule has 2 heterocycles. The van der Waals surface area contributed by atoms with Crippen LogP contribution in [0.15, 0.2) is 42.5 Å². The number of nitrogens with two attached hydrogens (primary N) is 1. The summed E-state index contributed by atoms with van der Waals surface area (Å²) in [6, 6.07) is 10.8. The average molecular weight is 518 g/mol. The smallest absolute Gasteiger partial charge is 0.337 e. The van der Waals surface area contributed by atoms with E-state index in [-0.39, 0.29) is 41.5 Å². The largest absolute Gasteiger partial charge is 0.465 e. The molecule has 5 rings (SSSR count). The van der Waals surface area contributed by atoms with Crippen LogP contribution in [0.3, 0.4) is 0 Å². The molecule has 0 saturated heterocycles. The first kappa shape index (κ1) is 24.8. The number of anilines is 1.